The second-order valence-electron chi connectivity index (χ2n) is 5.77. The van der Waals surface area contributed by atoms with Crippen molar-refractivity contribution in [2.24, 2.45) is 11.3 Å². The van der Waals surface area contributed by atoms with Gasteiger partial charge >= 0.3 is 0 Å². The van der Waals surface area contributed by atoms with Crippen molar-refractivity contribution in [1.82, 2.24) is 5.32 Å². The SMILES string of the molecule is CCCC1(CNC(CC)C2CCOC2)CC1. The minimum absolute atomic E-state index is 0.682. The molecule has 16 heavy (non-hydrogen) atoms. The van der Waals surface area contributed by atoms with Crippen LogP contribution in [0, 0.1) is 11.3 Å². The minimum Gasteiger partial charge on any atom is -0.381 e. The molecule has 1 aliphatic heterocycles. The van der Waals surface area contributed by atoms with Gasteiger partial charge in [0.15, 0.2) is 0 Å². The monoisotopic (exact) mass is 225 g/mol. The van der Waals surface area contributed by atoms with E-state index in [1.807, 2.05) is 0 Å². The minimum atomic E-state index is 0.682. The van der Waals surface area contributed by atoms with Crippen molar-refractivity contribution in [2.75, 3.05) is 19.8 Å². The highest BCUT2D eigenvalue weighted by Gasteiger charge is 2.41. The van der Waals surface area contributed by atoms with Gasteiger partial charge in [-0.1, -0.05) is 20.3 Å². The van der Waals surface area contributed by atoms with E-state index < -0.39 is 0 Å². The first-order chi connectivity index (χ1) is 7.79. The summed E-state index contributed by atoms with van der Waals surface area (Å²) in [7, 11) is 0. The number of nitrogens with one attached hydrogen (secondary N) is 1. The van der Waals surface area contributed by atoms with E-state index in [2.05, 4.69) is 19.2 Å². The molecule has 0 aromatic carbocycles. The van der Waals surface area contributed by atoms with Crippen molar-refractivity contribution in [3.05, 3.63) is 0 Å². The largest absolute Gasteiger partial charge is 0.381 e. The summed E-state index contributed by atoms with van der Waals surface area (Å²) >= 11 is 0. The Morgan fingerprint density at radius 1 is 1.38 bits per heavy atom. The fourth-order valence-electron chi connectivity index (χ4n) is 3.08. The lowest BCUT2D eigenvalue weighted by atomic mass is 9.94. The average molecular weight is 225 g/mol. The number of rotatable bonds is 7. The molecule has 2 heteroatoms. The van der Waals surface area contributed by atoms with Crippen LogP contribution in [0.3, 0.4) is 0 Å². The molecule has 1 N–H and O–H groups in total. The maximum atomic E-state index is 5.49. The third kappa shape index (κ3) is 2.98. The van der Waals surface area contributed by atoms with E-state index in [9.17, 15) is 0 Å². The van der Waals surface area contributed by atoms with Gasteiger partial charge in [-0.15, -0.1) is 0 Å². The Balaban J connectivity index is 1.74. The molecular weight excluding hydrogens is 198 g/mol. The van der Waals surface area contributed by atoms with Gasteiger partial charge in [0.2, 0.25) is 0 Å². The molecule has 0 amide bonds. The van der Waals surface area contributed by atoms with Gasteiger partial charge in [-0.05, 0) is 43.4 Å². The molecule has 0 aromatic rings. The number of hydrogen-bond donors (Lipinski definition) is 1. The van der Waals surface area contributed by atoms with E-state index in [1.54, 1.807) is 0 Å². The Labute approximate surface area is 100 Å². The van der Waals surface area contributed by atoms with E-state index in [0.29, 0.717) is 11.5 Å². The summed E-state index contributed by atoms with van der Waals surface area (Å²) in [5.41, 5.74) is 0.682. The predicted octanol–water partition coefficient (Wildman–Crippen LogP) is 2.97. The van der Waals surface area contributed by atoms with Gasteiger partial charge in [-0.2, -0.15) is 0 Å². The summed E-state index contributed by atoms with van der Waals surface area (Å²) in [5, 5.41) is 3.82. The average Bonchev–Trinajstić information content (AvgIpc) is 2.84. The maximum Gasteiger partial charge on any atom is 0.0509 e. The number of ether oxygens (including phenoxy) is 1. The van der Waals surface area contributed by atoms with Gasteiger partial charge in [-0.25, -0.2) is 0 Å². The van der Waals surface area contributed by atoms with Crippen LogP contribution in [0.15, 0.2) is 0 Å². The van der Waals surface area contributed by atoms with Crippen LogP contribution in [0.4, 0.5) is 0 Å². The fourth-order valence-corrected chi connectivity index (χ4v) is 3.08. The molecule has 2 atom stereocenters. The summed E-state index contributed by atoms with van der Waals surface area (Å²) in [6.07, 6.45) is 8.15. The summed E-state index contributed by atoms with van der Waals surface area (Å²) in [5.74, 6) is 0.766. The van der Waals surface area contributed by atoms with Crippen molar-refractivity contribution in [2.45, 2.75) is 58.4 Å². The second-order valence-corrected chi connectivity index (χ2v) is 5.77. The van der Waals surface area contributed by atoms with Gasteiger partial charge < -0.3 is 10.1 Å². The molecule has 2 nitrogen and oxygen atoms in total. The normalized spacial score (nSPS) is 29.2. The van der Waals surface area contributed by atoms with Crippen LogP contribution >= 0.6 is 0 Å². The Hall–Kier alpha value is -0.0800. The zero-order chi connectivity index (χ0) is 11.4. The number of hydrogen-bond acceptors (Lipinski definition) is 2. The van der Waals surface area contributed by atoms with E-state index in [-0.39, 0.29) is 0 Å². The molecule has 0 radical (unpaired) electrons. The summed E-state index contributed by atoms with van der Waals surface area (Å²) in [6, 6.07) is 0.692. The van der Waals surface area contributed by atoms with Gasteiger partial charge in [0.1, 0.15) is 0 Å². The highest BCUT2D eigenvalue weighted by Crippen LogP contribution is 2.49. The van der Waals surface area contributed by atoms with E-state index in [1.165, 1.54) is 45.1 Å². The Kier molecular flexibility index (Phi) is 4.26. The van der Waals surface area contributed by atoms with Gasteiger partial charge in [-0.3, -0.25) is 0 Å². The first-order valence-corrected chi connectivity index (χ1v) is 7.11. The topological polar surface area (TPSA) is 21.3 Å². The van der Waals surface area contributed by atoms with Crippen molar-refractivity contribution in [1.29, 1.82) is 0 Å². The van der Waals surface area contributed by atoms with Crippen molar-refractivity contribution < 1.29 is 4.74 Å². The predicted molar refractivity (Wildman–Crippen MR) is 67.6 cm³/mol. The van der Waals surface area contributed by atoms with Crippen LogP contribution in [0.1, 0.15) is 52.4 Å². The van der Waals surface area contributed by atoms with Gasteiger partial charge in [0.05, 0.1) is 6.61 Å². The first-order valence-electron chi connectivity index (χ1n) is 7.11. The van der Waals surface area contributed by atoms with Crippen molar-refractivity contribution in [3.8, 4) is 0 Å². The molecule has 0 aromatic heterocycles. The molecule has 0 spiro atoms. The molecular formula is C14H27NO. The molecule has 2 fully saturated rings. The van der Waals surface area contributed by atoms with Crippen LogP contribution in [-0.4, -0.2) is 25.8 Å². The van der Waals surface area contributed by atoms with Crippen LogP contribution in [0.25, 0.3) is 0 Å². The van der Waals surface area contributed by atoms with Crippen molar-refractivity contribution in [3.63, 3.8) is 0 Å². The third-order valence-electron chi connectivity index (χ3n) is 4.45. The lowest BCUT2D eigenvalue weighted by Crippen LogP contribution is -2.39. The second kappa shape index (κ2) is 5.50. The van der Waals surface area contributed by atoms with E-state index in [0.717, 1.165) is 19.1 Å². The molecule has 1 heterocycles. The molecule has 2 aliphatic rings. The standard InChI is InChI=1S/C14H27NO/c1-3-6-14(7-8-14)11-15-13(4-2)12-5-9-16-10-12/h12-13,15H,3-11H2,1-2H3. The molecule has 1 saturated heterocycles. The lowest BCUT2D eigenvalue weighted by molar-refractivity contribution is 0.174. The molecule has 2 rings (SSSR count). The summed E-state index contributed by atoms with van der Waals surface area (Å²) in [6.45, 7) is 7.81. The summed E-state index contributed by atoms with van der Waals surface area (Å²) in [4.78, 5) is 0. The first kappa shape index (κ1) is 12.4. The third-order valence-corrected chi connectivity index (χ3v) is 4.45. The molecule has 0 bridgehead atoms. The maximum absolute atomic E-state index is 5.49. The fraction of sp³-hybridized carbons (Fsp3) is 1.00. The molecule has 94 valence electrons. The Morgan fingerprint density at radius 3 is 2.69 bits per heavy atom. The smallest absolute Gasteiger partial charge is 0.0509 e. The highest BCUT2D eigenvalue weighted by atomic mass is 16.5. The van der Waals surface area contributed by atoms with Crippen LogP contribution in [-0.2, 0) is 4.74 Å². The lowest BCUT2D eigenvalue weighted by Gasteiger charge is -2.25. The van der Waals surface area contributed by atoms with Gasteiger partial charge in [0, 0.05) is 19.2 Å². The quantitative estimate of drug-likeness (QED) is 0.719. The zero-order valence-electron chi connectivity index (χ0n) is 10.9. The van der Waals surface area contributed by atoms with E-state index in [4.69, 9.17) is 4.74 Å². The highest BCUT2D eigenvalue weighted by molar-refractivity contribution is 4.95. The van der Waals surface area contributed by atoms with Crippen LogP contribution < -0.4 is 5.32 Å². The van der Waals surface area contributed by atoms with Crippen molar-refractivity contribution >= 4 is 0 Å². The molecule has 2 unspecified atom stereocenters. The Morgan fingerprint density at radius 2 is 2.19 bits per heavy atom. The summed E-state index contributed by atoms with van der Waals surface area (Å²) < 4.78 is 5.49. The Bertz CT molecular complexity index is 207. The van der Waals surface area contributed by atoms with Crippen LogP contribution in [0.5, 0.6) is 0 Å². The molecule has 1 saturated carbocycles. The zero-order valence-corrected chi connectivity index (χ0v) is 10.9. The molecule has 1 aliphatic carbocycles. The van der Waals surface area contributed by atoms with Gasteiger partial charge in [0.25, 0.3) is 0 Å². The van der Waals surface area contributed by atoms with Crippen LogP contribution in [0.2, 0.25) is 0 Å². The van der Waals surface area contributed by atoms with E-state index >= 15 is 0 Å².